The molecule has 0 amide bonds. The lowest BCUT2D eigenvalue weighted by Gasteiger charge is -2.10. The number of fused-ring (bicyclic) bond motifs is 1. The quantitative estimate of drug-likeness (QED) is 0.767. The zero-order valence-electron chi connectivity index (χ0n) is 9.96. The summed E-state index contributed by atoms with van der Waals surface area (Å²) in [5, 5.41) is 1.67. The minimum atomic E-state index is 0.727. The lowest BCUT2D eigenvalue weighted by Crippen LogP contribution is -1.95. The molecule has 0 aliphatic rings. The van der Waals surface area contributed by atoms with Gasteiger partial charge in [-0.05, 0) is 37.1 Å². The van der Waals surface area contributed by atoms with Gasteiger partial charge in [0.1, 0.15) is 5.75 Å². The molecule has 3 heteroatoms. The van der Waals surface area contributed by atoms with Crippen LogP contribution in [0.4, 0.5) is 0 Å². The van der Waals surface area contributed by atoms with Crippen LogP contribution in [-0.2, 0) is 6.42 Å². The maximum atomic E-state index is 6.41. The second-order valence-electron chi connectivity index (χ2n) is 3.87. The van der Waals surface area contributed by atoms with Crippen molar-refractivity contribution in [1.29, 1.82) is 0 Å². The molecule has 2 aromatic rings. The molecule has 0 radical (unpaired) electrons. The van der Waals surface area contributed by atoms with Crippen LogP contribution in [0.25, 0.3) is 10.9 Å². The maximum absolute atomic E-state index is 6.41. The van der Waals surface area contributed by atoms with Gasteiger partial charge in [0, 0.05) is 11.1 Å². The molecule has 0 unspecified atom stereocenters. The SMILES string of the molecule is C=CCc1c(C)nc2ccc(OC)cc2c1Cl. The smallest absolute Gasteiger partial charge is 0.119 e. The van der Waals surface area contributed by atoms with Crippen LogP contribution in [-0.4, -0.2) is 12.1 Å². The topological polar surface area (TPSA) is 22.1 Å². The van der Waals surface area contributed by atoms with Crippen molar-refractivity contribution in [2.75, 3.05) is 7.11 Å². The number of methoxy groups -OCH3 is 1. The van der Waals surface area contributed by atoms with Crippen molar-refractivity contribution in [2.24, 2.45) is 0 Å². The van der Waals surface area contributed by atoms with E-state index in [1.54, 1.807) is 7.11 Å². The molecule has 88 valence electrons. The van der Waals surface area contributed by atoms with Crippen LogP contribution in [0.2, 0.25) is 5.02 Å². The standard InChI is InChI=1S/C14H14ClNO/c1-4-5-11-9(2)16-13-7-6-10(17-3)8-12(13)14(11)15/h4,6-8H,1,5H2,2-3H3. The highest BCUT2D eigenvalue weighted by Crippen LogP contribution is 2.31. The van der Waals surface area contributed by atoms with Gasteiger partial charge in [0.15, 0.2) is 0 Å². The summed E-state index contributed by atoms with van der Waals surface area (Å²) in [5.74, 6) is 0.787. The number of halogens is 1. The molecule has 1 heterocycles. The van der Waals surface area contributed by atoms with Gasteiger partial charge in [-0.2, -0.15) is 0 Å². The molecule has 2 nitrogen and oxygen atoms in total. The number of allylic oxidation sites excluding steroid dienone is 1. The van der Waals surface area contributed by atoms with Crippen LogP contribution >= 0.6 is 11.6 Å². The first-order valence-electron chi connectivity index (χ1n) is 5.41. The number of hydrogen-bond donors (Lipinski definition) is 0. The second kappa shape index (κ2) is 4.76. The Labute approximate surface area is 106 Å². The highest BCUT2D eigenvalue weighted by molar-refractivity contribution is 6.36. The third-order valence-corrected chi connectivity index (χ3v) is 3.21. The van der Waals surface area contributed by atoms with Gasteiger partial charge >= 0.3 is 0 Å². The lowest BCUT2D eigenvalue weighted by molar-refractivity contribution is 0.415. The number of aromatic nitrogens is 1. The lowest BCUT2D eigenvalue weighted by atomic mass is 10.1. The summed E-state index contributed by atoms with van der Waals surface area (Å²) in [5.41, 5.74) is 2.87. The number of hydrogen-bond acceptors (Lipinski definition) is 2. The van der Waals surface area contributed by atoms with Crippen molar-refractivity contribution < 1.29 is 4.74 Å². The average molecular weight is 248 g/mol. The van der Waals surface area contributed by atoms with E-state index < -0.39 is 0 Å². The summed E-state index contributed by atoms with van der Waals surface area (Å²) in [6, 6.07) is 5.72. The average Bonchev–Trinajstić information content (AvgIpc) is 2.34. The molecule has 0 saturated heterocycles. The molecule has 0 aliphatic carbocycles. The first-order valence-corrected chi connectivity index (χ1v) is 5.78. The van der Waals surface area contributed by atoms with Crippen molar-refractivity contribution in [2.45, 2.75) is 13.3 Å². The molecule has 1 aromatic carbocycles. The van der Waals surface area contributed by atoms with Crippen molar-refractivity contribution in [1.82, 2.24) is 4.98 Å². The molecule has 0 fully saturated rings. The molecule has 0 aliphatic heterocycles. The van der Waals surface area contributed by atoms with Crippen LogP contribution in [0, 0.1) is 6.92 Å². The Hall–Kier alpha value is -1.54. The van der Waals surface area contributed by atoms with E-state index in [4.69, 9.17) is 16.3 Å². The van der Waals surface area contributed by atoms with Crippen molar-refractivity contribution in [3.63, 3.8) is 0 Å². The van der Waals surface area contributed by atoms with Crippen LogP contribution in [0.3, 0.4) is 0 Å². The molecule has 1 aromatic heterocycles. The molecular formula is C14H14ClNO. The minimum absolute atomic E-state index is 0.727. The van der Waals surface area contributed by atoms with Crippen molar-refractivity contribution >= 4 is 22.5 Å². The summed E-state index contributed by atoms with van der Waals surface area (Å²) in [6.45, 7) is 5.71. The van der Waals surface area contributed by atoms with Gasteiger partial charge in [-0.25, -0.2) is 0 Å². The Morgan fingerprint density at radius 2 is 2.24 bits per heavy atom. The Morgan fingerprint density at radius 1 is 1.47 bits per heavy atom. The monoisotopic (exact) mass is 247 g/mol. The summed E-state index contributed by atoms with van der Waals surface area (Å²) in [6.07, 6.45) is 2.56. The summed E-state index contributed by atoms with van der Waals surface area (Å²) >= 11 is 6.41. The van der Waals surface area contributed by atoms with E-state index >= 15 is 0 Å². The van der Waals surface area contributed by atoms with Crippen molar-refractivity contribution in [3.05, 3.63) is 47.1 Å². The summed E-state index contributed by atoms with van der Waals surface area (Å²) < 4.78 is 5.20. The molecule has 0 bridgehead atoms. The molecule has 0 atom stereocenters. The number of nitrogens with zero attached hydrogens (tertiary/aromatic N) is 1. The summed E-state index contributed by atoms with van der Waals surface area (Å²) in [4.78, 5) is 4.54. The number of rotatable bonds is 3. The van der Waals surface area contributed by atoms with Gasteiger partial charge in [-0.1, -0.05) is 17.7 Å². The zero-order chi connectivity index (χ0) is 12.4. The van der Waals surface area contributed by atoms with E-state index in [0.717, 1.165) is 39.4 Å². The minimum Gasteiger partial charge on any atom is -0.497 e. The number of aryl methyl sites for hydroxylation is 1. The van der Waals surface area contributed by atoms with Crippen LogP contribution in [0.5, 0.6) is 5.75 Å². The fourth-order valence-corrected chi connectivity index (χ4v) is 2.23. The summed E-state index contributed by atoms with van der Waals surface area (Å²) in [7, 11) is 1.64. The highest BCUT2D eigenvalue weighted by atomic mass is 35.5. The molecule has 2 rings (SSSR count). The normalized spacial score (nSPS) is 10.5. The number of pyridine rings is 1. The van der Waals surface area contributed by atoms with E-state index in [0.29, 0.717) is 0 Å². The van der Waals surface area contributed by atoms with E-state index in [1.165, 1.54) is 0 Å². The fraction of sp³-hybridized carbons (Fsp3) is 0.214. The Kier molecular flexibility index (Phi) is 3.34. The van der Waals surface area contributed by atoms with E-state index in [2.05, 4.69) is 11.6 Å². The fourth-order valence-electron chi connectivity index (χ4n) is 1.87. The number of ether oxygens (including phenoxy) is 1. The van der Waals surface area contributed by atoms with Gasteiger partial charge in [0.25, 0.3) is 0 Å². The molecule has 0 saturated carbocycles. The van der Waals surface area contributed by atoms with Crippen molar-refractivity contribution in [3.8, 4) is 5.75 Å². The molecule has 0 N–H and O–H groups in total. The first-order chi connectivity index (χ1) is 8.17. The third kappa shape index (κ3) is 2.13. The zero-order valence-corrected chi connectivity index (χ0v) is 10.7. The Bertz CT molecular complexity index is 578. The Morgan fingerprint density at radius 3 is 2.88 bits per heavy atom. The van der Waals surface area contributed by atoms with Gasteiger partial charge < -0.3 is 4.74 Å². The van der Waals surface area contributed by atoms with Crippen LogP contribution in [0.1, 0.15) is 11.3 Å². The van der Waals surface area contributed by atoms with Crippen LogP contribution < -0.4 is 4.74 Å². The predicted molar refractivity (Wildman–Crippen MR) is 71.9 cm³/mol. The van der Waals surface area contributed by atoms with Gasteiger partial charge in [0.2, 0.25) is 0 Å². The van der Waals surface area contributed by atoms with Crippen LogP contribution in [0.15, 0.2) is 30.9 Å². The van der Waals surface area contributed by atoms with Gasteiger partial charge in [0.05, 0.1) is 17.6 Å². The van der Waals surface area contributed by atoms with E-state index in [9.17, 15) is 0 Å². The van der Waals surface area contributed by atoms with E-state index in [-0.39, 0.29) is 0 Å². The molecule has 17 heavy (non-hydrogen) atoms. The largest absolute Gasteiger partial charge is 0.497 e. The Balaban J connectivity index is 2.73. The molecule has 0 spiro atoms. The second-order valence-corrected chi connectivity index (χ2v) is 4.24. The van der Waals surface area contributed by atoms with E-state index in [1.807, 2.05) is 31.2 Å². The molecular weight excluding hydrogens is 234 g/mol. The van der Waals surface area contributed by atoms with Gasteiger partial charge in [-0.15, -0.1) is 6.58 Å². The third-order valence-electron chi connectivity index (χ3n) is 2.78. The first kappa shape index (κ1) is 11.9. The predicted octanol–water partition coefficient (Wildman–Crippen LogP) is 3.93. The maximum Gasteiger partial charge on any atom is 0.119 e. The highest BCUT2D eigenvalue weighted by Gasteiger charge is 2.10. The van der Waals surface area contributed by atoms with Gasteiger partial charge in [-0.3, -0.25) is 4.98 Å². The number of benzene rings is 1.